The van der Waals surface area contributed by atoms with E-state index in [1.54, 1.807) is 0 Å². The highest BCUT2D eigenvalue weighted by Crippen LogP contribution is 2.39. The first kappa shape index (κ1) is 18.1. The number of Topliss-reactive ketones (excluding diaryl/α,β-unsaturated/α-hetero) is 1. The van der Waals surface area contributed by atoms with Crippen LogP contribution in [-0.4, -0.2) is 49.5 Å². The maximum absolute atomic E-state index is 12.9. The molecule has 1 aromatic rings. The van der Waals surface area contributed by atoms with Gasteiger partial charge in [-0.3, -0.25) is 4.79 Å². The number of likely N-dealkylation sites (N-methyl/N-ethyl adjacent to an activating group) is 1. The largest absolute Gasteiger partial charge is 0.377 e. The zero-order valence-electron chi connectivity index (χ0n) is 14.4. The highest BCUT2D eigenvalue weighted by Gasteiger charge is 2.44. The molecule has 4 heteroatoms. The highest BCUT2D eigenvalue weighted by atomic mass is 16.3. The van der Waals surface area contributed by atoms with E-state index in [2.05, 4.69) is 10.2 Å². The summed E-state index contributed by atoms with van der Waals surface area (Å²) in [5, 5.41) is 14.6. The summed E-state index contributed by atoms with van der Waals surface area (Å²) >= 11 is 0. The van der Waals surface area contributed by atoms with Crippen LogP contribution in [-0.2, 0) is 10.4 Å². The van der Waals surface area contributed by atoms with Gasteiger partial charge in [-0.25, -0.2) is 0 Å². The Kier molecular flexibility index (Phi) is 6.75. The fourth-order valence-electron chi connectivity index (χ4n) is 3.48. The van der Waals surface area contributed by atoms with Crippen LogP contribution in [0.15, 0.2) is 30.3 Å². The molecule has 0 heterocycles. The lowest BCUT2D eigenvalue weighted by Gasteiger charge is -2.37. The van der Waals surface area contributed by atoms with E-state index in [-0.39, 0.29) is 18.2 Å². The van der Waals surface area contributed by atoms with Gasteiger partial charge in [-0.15, -0.1) is 0 Å². The van der Waals surface area contributed by atoms with Crippen molar-refractivity contribution in [3.8, 4) is 0 Å². The van der Waals surface area contributed by atoms with Gasteiger partial charge in [-0.05, 0) is 38.4 Å². The summed E-state index contributed by atoms with van der Waals surface area (Å²) in [5.74, 6) is -0.0730. The Balaban J connectivity index is 2.11. The topological polar surface area (TPSA) is 52.6 Å². The fraction of sp³-hybridized carbons (Fsp3) is 0.632. The van der Waals surface area contributed by atoms with Crippen LogP contribution in [0.5, 0.6) is 0 Å². The maximum atomic E-state index is 12.9. The van der Waals surface area contributed by atoms with Gasteiger partial charge in [-0.1, -0.05) is 49.6 Å². The van der Waals surface area contributed by atoms with Gasteiger partial charge in [0.25, 0.3) is 0 Å². The molecule has 1 saturated carbocycles. The second-order valence-electron chi connectivity index (χ2n) is 6.87. The Morgan fingerprint density at radius 3 is 2.48 bits per heavy atom. The summed E-state index contributed by atoms with van der Waals surface area (Å²) in [6, 6.07) is 9.48. The average molecular weight is 318 g/mol. The predicted octanol–water partition coefficient (Wildman–Crippen LogP) is 2.17. The summed E-state index contributed by atoms with van der Waals surface area (Å²) < 4.78 is 0. The maximum Gasteiger partial charge on any atom is 0.182 e. The second-order valence-corrected chi connectivity index (χ2v) is 6.87. The van der Waals surface area contributed by atoms with Crippen molar-refractivity contribution in [2.75, 3.05) is 33.7 Å². The number of carbonyl (C=O) groups excluding carboxylic acids is 1. The second kappa shape index (κ2) is 8.57. The monoisotopic (exact) mass is 318 g/mol. The van der Waals surface area contributed by atoms with Crippen molar-refractivity contribution in [1.82, 2.24) is 10.2 Å². The minimum absolute atomic E-state index is 0.0294. The Labute approximate surface area is 139 Å². The van der Waals surface area contributed by atoms with Crippen LogP contribution in [0.3, 0.4) is 0 Å². The summed E-state index contributed by atoms with van der Waals surface area (Å²) in [6.45, 7) is 1.84. The number of nitrogens with one attached hydrogen (secondary N) is 1. The molecule has 0 saturated heterocycles. The third kappa shape index (κ3) is 4.63. The van der Waals surface area contributed by atoms with Gasteiger partial charge < -0.3 is 15.3 Å². The Morgan fingerprint density at radius 2 is 1.87 bits per heavy atom. The molecule has 2 rings (SSSR count). The smallest absolute Gasteiger partial charge is 0.182 e. The first-order valence-electron chi connectivity index (χ1n) is 8.71. The third-order valence-electron chi connectivity index (χ3n) is 4.86. The molecule has 1 aliphatic rings. The third-order valence-corrected chi connectivity index (χ3v) is 4.86. The number of ketones is 1. The minimum atomic E-state index is -1.35. The first-order valence-corrected chi connectivity index (χ1v) is 8.71. The molecular formula is C19H30N2O2. The number of hydrogen-bond donors (Lipinski definition) is 2. The van der Waals surface area contributed by atoms with Crippen LogP contribution in [0.1, 0.15) is 37.7 Å². The summed E-state index contributed by atoms with van der Waals surface area (Å²) in [5.41, 5.74) is -0.612. The van der Waals surface area contributed by atoms with Crippen molar-refractivity contribution in [3.63, 3.8) is 0 Å². The van der Waals surface area contributed by atoms with Crippen molar-refractivity contribution >= 4 is 5.78 Å². The lowest BCUT2D eigenvalue weighted by molar-refractivity contribution is -0.145. The number of rotatable bonds is 8. The molecule has 0 spiro atoms. The molecule has 128 valence electrons. The number of benzene rings is 1. The van der Waals surface area contributed by atoms with Crippen LogP contribution >= 0.6 is 0 Å². The molecule has 0 bridgehead atoms. The minimum Gasteiger partial charge on any atom is -0.377 e. The lowest BCUT2D eigenvalue weighted by Crippen LogP contribution is -2.48. The Bertz CT molecular complexity index is 483. The van der Waals surface area contributed by atoms with Gasteiger partial charge in [0.05, 0.1) is 6.54 Å². The predicted molar refractivity (Wildman–Crippen MR) is 93.3 cm³/mol. The molecule has 1 aromatic carbocycles. The van der Waals surface area contributed by atoms with E-state index in [1.807, 2.05) is 44.4 Å². The van der Waals surface area contributed by atoms with Gasteiger partial charge in [0.1, 0.15) is 0 Å². The standard InChI is InChI=1S/C19H30N2O2/c1-21(2)14-13-20-15-18(22)19(23,16-9-5-3-6-10-16)17-11-7-4-8-12-17/h3,5-6,9-10,17,20,23H,4,7-8,11-15H2,1-2H3. The van der Waals surface area contributed by atoms with Crippen molar-refractivity contribution in [3.05, 3.63) is 35.9 Å². The molecule has 1 unspecified atom stereocenters. The number of hydrogen-bond acceptors (Lipinski definition) is 4. The van der Waals surface area contributed by atoms with Crippen molar-refractivity contribution in [2.45, 2.75) is 37.7 Å². The lowest BCUT2D eigenvalue weighted by atomic mass is 9.71. The molecule has 23 heavy (non-hydrogen) atoms. The molecule has 4 nitrogen and oxygen atoms in total. The molecule has 1 fully saturated rings. The van der Waals surface area contributed by atoms with E-state index in [1.165, 1.54) is 6.42 Å². The van der Waals surface area contributed by atoms with Crippen LogP contribution in [0.2, 0.25) is 0 Å². The normalized spacial score (nSPS) is 18.8. The zero-order chi connectivity index (χ0) is 16.7. The van der Waals surface area contributed by atoms with Gasteiger partial charge >= 0.3 is 0 Å². The molecule has 0 amide bonds. The molecule has 1 aliphatic carbocycles. The van der Waals surface area contributed by atoms with Crippen molar-refractivity contribution < 1.29 is 9.90 Å². The molecule has 0 radical (unpaired) electrons. The Morgan fingerprint density at radius 1 is 1.22 bits per heavy atom. The molecule has 0 aromatic heterocycles. The van der Waals surface area contributed by atoms with E-state index in [4.69, 9.17) is 0 Å². The molecule has 2 N–H and O–H groups in total. The van der Waals surface area contributed by atoms with E-state index < -0.39 is 5.60 Å². The average Bonchev–Trinajstić information content (AvgIpc) is 2.59. The van der Waals surface area contributed by atoms with Gasteiger partial charge in [0, 0.05) is 13.1 Å². The highest BCUT2D eigenvalue weighted by molar-refractivity contribution is 5.90. The van der Waals surface area contributed by atoms with Crippen LogP contribution in [0, 0.1) is 5.92 Å². The van der Waals surface area contributed by atoms with E-state index in [0.29, 0.717) is 0 Å². The van der Waals surface area contributed by atoms with Gasteiger partial charge in [-0.2, -0.15) is 0 Å². The SMILES string of the molecule is CN(C)CCNCC(=O)C(O)(c1ccccc1)C1CCCCC1. The van der Waals surface area contributed by atoms with E-state index in [0.717, 1.165) is 44.3 Å². The summed E-state index contributed by atoms with van der Waals surface area (Å²) in [7, 11) is 4.01. The fourth-order valence-corrected chi connectivity index (χ4v) is 3.48. The van der Waals surface area contributed by atoms with E-state index >= 15 is 0 Å². The summed E-state index contributed by atoms with van der Waals surface area (Å²) in [6.07, 6.45) is 5.25. The molecule has 0 aliphatic heterocycles. The molecular weight excluding hydrogens is 288 g/mol. The number of carbonyl (C=O) groups is 1. The Hall–Kier alpha value is -1.23. The van der Waals surface area contributed by atoms with Gasteiger partial charge in [0.2, 0.25) is 0 Å². The van der Waals surface area contributed by atoms with Crippen LogP contribution in [0.25, 0.3) is 0 Å². The van der Waals surface area contributed by atoms with E-state index in [9.17, 15) is 9.90 Å². The first-order chi connectivity index (χ1) is 11.0. The quantitative estimate of drug-likeness (QED) is 0.721. The van der Waals surface area contributed by atoms with Crippen LogP contribution < -0.4 is 5.32 Å². The summed E-state index contributed by atoms with van der Waals surface area (Å²) in [4.78, 5) is 15.0. The van der Waals surface area contributed by atoms with Crippen molar-refractivity contribution in [1.29, 1.82) is 0 Å². The number of aliphatic hydroxyl groups is 1. The van der Waals surface area contributed by atoms with Crippen LogP contribution in [0.4, 0.5) is 0 Å². The molecule has 1 atom stereocenters. The van der Waals surface area contributed by atoms with Crippen molar-refractivity contribution in [2.24, 2.45) is 5.92 Å². The van der Waals surface area contributed by atoms with Gasteiger partial charge in [0.15, 0.2) is 11.4 Å². The number of nitrogens with zero attached hydrogens (tertiary/aromatic N) is 1. The zero-order valence-corrected chi connectivity index (χ0v) is 14.4.